The highest BCUT2D eigenvalue weighted by molar-refractivity contribution is 7.98. The van der Waals surface area contributed by atoms with E-state index in [4.69, 9.17) is 8.94 Å². The first-order chi connectivity index (χ1) is 13.4. The normalized spacial score (nSPS) is 12.0. The maximum Gasteiger partial charge on any atom is 0.262 e. The molecule has 0 fully saturated rings. The van der Waals surface area contributed by atoms with Crippen molar-refractivity contribution >= 4 is 22.7 Å². The van der Waals surface area contributed by atoms with Crippen LogP contribution in [0.3, 0.4) is 0 Å². The number of furan rings is 1. The molecule has 8 heteroatoms. The van der Waals surface area contributed by atoms with E-state index < -0.39 is 0 Å². The Labute approximate surface area is 165 Å². The van der Waals surface area contributed by atoms with Gasteiger partial charge in [0, 0.05) is 5.41 Å². The van der Waals surface area contributed by atoms with Gasteiger partial charge in [0.05, 0.1) is 29.5 Å². The highest BCUT2D eigenvalue weighted by Crippen LogP contribution is 2.24. The smallest absolute Gasteiger partial charge is 0.262 e. The van der Waals surface area contributed by atoms with Crippen molar-refractivity contribution in [1.82, 2.24) is 19.7 Å². The van der Waals surface area contributed by atoms with Crippen molar-refractivity contribution in [1.29, 1.82) is 0 Å². The number of hydrogen-bond donors (Lipinski definition) is 0. The van der Waals surface area contributed by atoms with Crippen molar-refractivity contribution in [3.05, 3.63) is 70.5 Å². The Hall–Kier alpha value is -2.87. The SMILES string of the molecule is CC(C)(C)c1noc(CSc2nc3ccccc3c(=O)n2Cc2ccco2)n1. The molecule has 0 saturated heterocycles. The van der Waals surface area contributed by atoms with Crippen LogP contribution < -0.4 is 5.56 Å². The van der Waals surface area contributed by atoms with Gasteiger partial charge in [0.1, 0.15) is 5.76 Å². The number of rotatable bonds is 5. The summed E-state index contributed by atoms with van der Waals surface area (Å²) < 4.78 is 12.4. The number of thioether (sulfide) groups is 1. The maximum absolute atomic E-state index is 13.0. The van der Waals surface area contributed by atoms with E-state index in [1.165, 1.54) is 11.8 Å². The first kappa shape index (κ1) is 18.5. The molecule has 0 bridgehead atoms. The molecule has 7 nitrogen and oxygen atoms in total. The topological polar surface area (TPSA) is 87.0 Å². The van der Waals surface area contributed by atoms with Gasteiger partial charge in [0.15, 0.2) is 11.0 Å². The third kappa shape index (κ3) is 3.73. The first-order valence-electron chi connectivity index (χ1n) is 8.89. The summed E-state index contributed by atoms with van der Waals surface area (Å²) in [5, 5.41) is 5.20. The van der Waals surface area contributed by atoms with E-state index in [-0.39, 0.29) is 11.0 Å². The molecule has 0 unspecified atom stereocenters. The van der Waals surface area contributed by atoms with Crippen molar-refractivity contribution in [2.24, 2.45) is 0 Å². The first-order valence-corrected chi connectivity index (χ1v) is 9.88. The standard InChI is InChI=1S/C20H20N4O3S/c1-20(2,3)18-22-16(27-23-18)12-28-19-21-15-9-5-4-8-14(15)17(25)24(19)11-13-7-6-10-26-13/h4-10H,11-12H2,1-3H3. The number of aromatic nitrogens is 4. The lowest BCUT2D eigenvalue weighted by molar-refractivity contribution is 0.372. The van der Waals surface area contributed by atoms with Crippen LogP contribution in [0.15, 0.2) is 61.6 Å². The highest BCUT2D eigenvalue weighted by atomic mass is 32.2. The average Bonchev–Trinajstić information content (AvgIpc) is 3.34. The number of nitrogens with zero attached hydrogens (tertiary/aromatic N) is 4. The molecular formula is C20H20N4O3S. The lowest BCUT2D eigenvalue weighted by Crippen LogP contribution is -2.23. The number of fused-ring (bicyclic) bond motifs is 1. The molecule has 0 aliphatic rings. The van der Waals surface area contributed by atoms with Gasteiger partial charge >= 0.3 is 0 Å². The molecular weight excluding hydrogens is 376 g/mol. The molecule has 0 radical (unpaired) electrons. The van der Waals surface area contributed by atoms with Crippen molar-refractivity contribution in [3.8, 4) is 0 Å². The quantitative estimate of drug-likeness (QED) is 0.372. The maximum atomic E-state index is 13.0. The van der Waals surface area contributed by atoms with Crippen LogP contribution in [-0.4, -0.2) is 19.7 Å². The predicted molar refractivity (Wildman–Crippen MR) is 106 cm³/mol. The second kappa shape index (κ2) is 7.27. The van der Waals surface area contributed by atoms with Crippen molar-refractivity contribution in [2.45, 2.75) is 43.6 Å². The van der Waals surface area contributed by atoms with Crippen LogP contribution in [0.25, 0.3) is 10.9 Å². The summed E-state index contributed by atoms with van der Waals surface area (Å²) in [7, 11) is 0. The van der Waals surface area contributed by atoms with Gasteiger partial charge in [-0.15, -0.1) is 0 Å². The van der Waals surface area contributed by atoms with Crippen molar-refractivity contribution in [3.63, 3.8) is 0 Å². The van der Waals surface area contributed by atoms with Gasteiger partial charge in [-0.25, -0.2) is 4.98 Å². The van der Waals surface area contributed by atoms with E-state index in [2.05, 4.69) is 15.1 Å². The highest BCUT2D eigenvalue weighted by Gasteiger charge is 2.21. The van der Waals surface area contributed by atoms with Gasteiger partial charge in [-0.1, -0.05) is 49.8 Å². The lowest BCUT2D eigenvalue weighted by atomic mass is 9.96. The van der Waals surface area contributed by atoms with Crippen LogP contribution in [0.4, 0.5) is 0 Å². The fourth-order valence-corrected chi connectivity index (χ4v) is 3.54. The summed E-state index contributed by atoms with van der Waals surface area (Å²) >= 11 is 1.39. The fourth-order valence-electron chi connectivity index (χ4n) is 2.70. The van der Waals surface area contributed by atoms with E-state index in [1.807, 2.05) is 45.0 Å². The van der Waals surface area contributed by atoms with Gasteiger partial charge in [-0.3, -0.25) is 9.36 Å². The number of para-hydroxylation sites is 1. The van der Waals surface area contributed by atoms with Crippen LogP contribution >= 0.6 is 11.8 Å². The third-order valence-electron chi connectivity index (χ3n) is 4.18. The Balaban J connectivity index is 1.68. The molecule has 4 aromatic rings. The lowest BCUT2D eigenvalue weighted by Gasteiger charge is -2.11. The Morgan fingerprint density at radius 3 is 2.64 bits per heavy atom. The molecule has 3 aromatic heterocycles. The van der Waals surface area contributed by atoms with Crippen LogP contribution in [0, 0.1) is 0 Å². The molecule has 0 amide bonds. The molecule has 1 aromatic carbocycles. The van der Waals surface area contributed by atoms with Gasteiger partial charge in [-0.05, 0) is 24.3 Å². The van der Waals surface area contributed by atoms with E-state index in [0.29, 0.717) is 45.8 Å². The van der Waals surface area contributed by atoms with Gasteiger partial charge < -0.3 is 8.94 Å². The molecule has 0 N–H and O–H groups in total. The van der Waals surface area contributed by atoms with Gasteiger partial charge in [0.2, 0.25) is 5.89 Å². The minimum atomic E-state index is -0.186. The average molecular weight is 396 g/mol. The molecule has 0 spiro atoms. The molecule has 144 valence electrons. The summed E-state index contributed by atoms with van der Waals surface area (Å²) in [4.78, 5) is 22.2. The zero-order valence-electron chi connectivity index (χ0n) is 15.9. The Morgan fingerprint density at radius 2 is 1.93 bits per heavy atom. The molecule has 0 aliphatic heterocycles. The Bertz CT molecular complexity index is 1160. The van der Waals surface area contributed by atoms with E-state index in [0.717, 1.165) is 0 Å². The van der Waals surface area contributed by atoms with Crippen LogP contribution in [0.2, 0.25) is 0 Å². The third-order valence-corrected chi connectivity index (χ3v) is 5.15. The predicted octanol–water partition coefficient (Wildman–Crippen LogP) is 4.01. The second-order valence-electron chi connectivity index (χ2n) is 7.43. The minimum absolute atomic E-state index is 0.106. The van der Waals surface area contributed by atoms with E-state index in [9.17, 15) is 4.79 Å². The largest absolute Gasteiger partial charge is 0.467 e. The minimum Gasteiger partial charge on any atom is -0.467 e. The zero-order chi connectivity index (χ0) is 19.7. The monoisotopic (exact) mass is 396 g/mol. The van der Waals surface area contributed by atoms with Crippen LogP contribution in [0.1, 0.15) is 38.2 Å². The van der Waals surface area contributed by atoms with Crippen LogP contribution in [0.5, 0.6) is 0 Å². The Kier molecular flexibility index (Phi) is 4.80. The van der Waals surface area contributed by atoms with Gasteiger partial charge in [-0.2, -0.15) is 4.98 Å². The summed E-state index contributed by atoms with van der Waals surface area (Å²) in [5.41, 5.74) is 0.367. The number of hydrogen-bond acceptors (Lipinski definition) is 7. The summed E-state index contributed by atoms with van der Waals surface area (Å²) in [5.74, 6) is 2.27. The molecule has 0 atom stereocenters. The number of benzene rings is 1. The molecule has 0 aliphatic carbocycles. The van der Waals surface area contributed by atoms with E-state index in [1.54, 1.807) is 23.0 Å². The molecule has 4 rings (SSSR count). The summed E-state index contributed by atoms with van der Waals surface area (Å²) in [6, 6.07) is 11.0. The molecule has 3 heterocycles. The fraction of sp³-hybridized carbons (Fsp3) is 0.300. The summed E-state index contributed by atoms with van der Waals surface area (Å²) in [6.45, 7) is 6.39. The van der Waals surface area contributed by atoms with Crippen molar-refractivity contribution in [2.75, 3.05) is 0 Å². The zero-order valence-corrected chi connectivity index (χ0v) is 16.7. The molecule has 28 heavy (non-hydrogen) atoms. The second-order valence-corrected chi connectivity index (χ2v) is 8.38. The van der Waals surface area contributed by atoms with Gasteiger partial charge in [0.25, 0.3) is 5.56 Å². The summed E-state index contributed by atoms with van der Waals surface area (Å²) in [6.07, 6.45) is 1.59. The van der Waals surface area contributed by atoms with E-state index >= 15 is 0 Å². The van der Waals surface area contributed by atoms with Crippen molar-refractivity contribution < 1.29 is 8.94 Å². The Morgan fingerprint density at radius 1 is 1.11 bits per heavy atom. The molecule has 0 saturated carbocycles. The van der Waals surface area contributed by atoms with Crippen LogP contribution in [-0.2, 0) is 17.7 Å².